The first-order valence-electron chi connectivity index (χ1n) is 5.88. The Morgan fingerprint density at radius 2 is 2.00 bits per heavy atom. The minimum absolute atomic E-state index is 0.0519. The van der Waals surface area contributed by atoms with Crippen LogP contribution in [0.1, 0.15) is 39.0 Å². The predicted octanol–water partition coefficient (Wildman–Crippen LogP) is 0.138. The number of hydrazine groups is 1. The maximum Gasteiger partial charge on any atom is 0.340 e. The summed E-state index contributed by atoms with van der Waals surface area (Å²) in [5.41, 5.74) is 1.63. The first-order chi connectivity index (χ1) is 8.90. The molecule has 2 heterocycles. The van der Waals surface area contributed by atoms with Gasteiger partial charge in [0.2, 0.25) is 0 Å². The highest BCUT2D eigenvalue weighted by atomic mass is 16.5. The lowest BCUT2D eigenvalue weighted by molar-refractivity contribution is -0.130. The molecule has 102 valence electrons. The monoisotopic (exact) mass is 265 g/mol. The van der Waals surface area contributed by atoms with Crippen LogP contribution in [0.25, 0.3) is 0 Å². The molecule has 7 heteroatoms. The maximum absolute atomic E-state index is 12.0. The highest BCUT2D eigenvalue weighted by molar-refractivity contribution is 6.09. The van der Waals surface area contributed by atoms with Crippen LogP contribution in [0.2, 0.25) is 0 Å². The molecule has 1 aliphatic heterocycles. The summed E-state index contributed by atoms with van der Waals surface area (Å²) in [6.07, 6.45) is 0. The van der Waals surface area contributed by atoms with Gasteiger partial charge in [-0.3, -0.25) is 9.59 Å². The summed E-state index contributed by atoms with van der Waals surface area (Å²) in [4.78, 5) is 35.5. The zero-order valence-electron chi connectivity index (χ0n) is 11.0. The Morgan fingerprint density at radius 3 is 2.58 bits per heavy atom. The fourth-order valence-corrected chi connectivity index (χ4v) is 2.31. The Kier molecular flexibility index (Phi) is 3.15. The van der Waals surface area contributed by atoms with Crippen molar-refractivity contribution in [3.63, 3.8) is 0 Å². The van der Waals surface area contributed by atoms with Crippen LogP contribution in [0.3, 0.4) is 0 Å². The topological polar surface area (TPSA) is 94.6 Å². The molecule has 2 N–H and O–H groups in total. The van der Waals surface area contributed by atoms with Gasteiger partial charge in [-0.2, -0.15) is 0 Å². The molecule has 0 fully saturated rings. The van der Waals surface area contributed by atoms with Gasteiger partial charge >= 0.3 is 5.97 Å². The van der Waals surface area contributed by atoms with E-state index in [1.165, 1.54) is 4.57 Å². The van der Waals surface area contributed by atoms with Crippen molar-refractivity contribution in [2.45, 2.75) is 27.3 Å². The molecule has 0 radical (unpaired) electrons. The van der Waals surface area contributed by atoms with E-state index >= 15 is 0 Å². The molecule has 0 spiro atoms. The van der Waals surface area contributed by atoms with Crippen LogP contribution < -0.4 is 5.84 Å². The second-order valence-corrected chi connectivity index (χ2v) is 4.31. The van der Waals surface area contributed by atoms with Crippen LogP contribution in [-0.2, 0) is 16.1 Å². The summed E-state index contributed by atoms with van der Waals surface area (Å²) in [5.74, 6) is 3.79. The molecule has 19 heavy (non-hydrogen) atoms. The van der Waals surface area contributed by atoms with E-state index in [0.29, 0.717) is 21.8 Å². The fourth-order valence-electron chi connectivity index (χ4n) is 2.31. The molecule has 0 atom stereocenters. The van der Waals surface area contributed by atoms with Crippen LogP contribution in [0.5, 0.6) is 0 Å². The van der Waals surface area contributed by atoms with Gasteiger partial charge in [0.15, 0.2) is 0 Å². The van der Waals surface area contributed by atoms with Crippen molar-refractivity contribution < 1.29 is 19.1 Å². The highest BCUT2D eigenvalue weighted by Gasteiger charge is 2.35. The van der Waals surface area contributed by atoms with Crippen molar-refractivity contribution in [2.24, 2.45) is 5.84 Å². The fraction of sp³-hybridized carbons (Fsp3) is 0.417. The van der Waals surface area contributed by atoms with Crippen molar-refractivity contribution in [1.82, 2.24) is 9.58 Å². The zero-order chi connectivity index (χ0) is 14.3. The molecule has 2 rings (SSSR count). The van der Waals surface area contributed by atoms with Gasteiger partial charge in [0, 0.05) is 5.69 Å². The molecule has 0 bridgehead atoms. The Balaban J connectivity index is 2.61. The average Bonchev–Trinajstić information content (AvgIpc) is 2.59. The Labute approximate surface area is 109 Å². The van der Waals surface area contributed by atoms with Gasteiger partial charge in [-0.05, 0) is 26.3 Å². The minimum atomic E-state index is -0.604. The number of nitrogens with zero attached hydrogens (tertiary/aromatic N) is 2. The molecule has 7 nitrogen and oxygen atoms in total. The predicted molar refractivity (Wildman–Crippen MR) is 65.2 cm³/mol. The van der Waals surface area contributed by atoms with Crippen molar-refractivity contribution in [1.29, 1.82) is 0 Å². The van der Waals surface area contributed by atoms with Crippen LogP contribution in [-0.4, -0.2) is 34.0 Å². The third kappa shape index (κ3) is 1.82. The molecular weight excluding hydrogens is 250 g/mol. The second-order valence-electron chi connectivity index (χ2n) is 4.31. The van der Waals surface area contributed by atoms with E-state index < -0.39 is 17.8 Å². The summed E-state index contributed by atoms with van der Waals surface area (Å²) < 4.78 is 6.47. The van der Waals surface area contributed by atoms with Crippen LogP contribution >= 0.6 is 0 Å². The molecular formula is C12H15N3O4. The lowest BCUT2D eigenvalue weighted by Gasteiger charge is -2.23. The number of aromatic nitrogens is 1. The van der Waals surface area contributed by atoms with Gasteiger partial charge in [0.1, 0.15) is 12.2 Å². The van der Waals surface area contributed by atoms with Crippen LogP contribution in [0, 0.1) is 13.8 Å². The molecule has 1 aromatic rings. The van der Waals surface area contributed by atoms with Gasteiger partial charge < -0.3 is 9.30 Å². The van der Waals surface area contributed by atoms with E-state index in [9.17, 15) is 14.4 Å². The molecule has 1 aliphatic rings. The van der Waals surface area contributed by atoms with Crippen LogP contribution in [0.15, 0.2) is 0 Å². The largest absolute Gasteiger partial charge is 0.462 e. The normalized spacial score (nSPS) is 14.6. The summed E-state index contributed by atoms with van der Waals surface area (Å²) in [5, 5.41) is 0.580. The third-order valence-electron chi connectivity index (χ3n) is 3.23. The first-order valence-corrected chi connectivity index (χ1v) is 5.88. The van der Waals surface area contributed by atoms with E-state index in [1.54, 1.807) is 20.8 Å². The van der Waals surface area contributed by atoms with Gasteiger partial charge in [0.25, 0.3) is 11.8 Å². The summed E-state index contributed by atoms with van der Waals surface area (Å²) >= 11 is 0. The zero-order valence-corrected chi connectivity index (χ0v) is 11.0. The third-order valence-corrected chi connectivity index (χ3v) is 3.23. The van der Waals surface area contributed by atoms with Crippen LogP contribution in [0.4, 0.5) is 0 Å². The molecule has 0 saturated heterocycles. The van der Waals surface area contributed by atoms with Gasteiger partial charge in [-0.25, -0.2) is 15.6 Å². The number of amides is 2. The number of carbonyl (C=O) groups is 3. The molecule has 0 unspecified atom stereocenters. The highest BCUT2D eigenvalue weighted by Crippen LogP contribution is 2.26. The van der Waals surface area contributed by atoms with Crippen molar-refractivity contribution in [3.8, 4) is 0 Å². The smallest absolute Gasteiger partial charge is 0.340 e. The SMILES string of the molecule is CCOC(=O)c1c(C)c2n(c1C)CC(=O)N(N)C2=O. The van der Waals surface area contributed by atoms with Crippen molar-refractivity contribution >= 4 is 17.8 Å². The molecule has 0 saturated carbocycles. The summed E-state index contributed by atoms with van der Waals surface area (Å²) in [7, 11) is 0. The average molecular weight is 265 g/mol. The van der Waals surface area contributed by atoms with Crippen molar-refractivity contribution in [3.05, 3.63) is 22.5 Å². The summed E-state index contributed by atoms with van der Waals surface area (Å²) in [6.45, 7) is 5.22. The molecule has 0 aliphatic carbocycles. The Bertz CT molecular complexity index is 588. The number of esters is 1. The number of carbonyl (C=O) groups excluding carboxylic acids is 3. The number of rotatable bonds is 2. The number of imide groups is 1. The number of fused-ring (bicyclic) bond motifs is 1. The van der Waals surface area contributed by atoms with Crippen molar-refractivity contribution in [2.75, 3.05) is 6.61 Å². The maximum atomic E-state index is 12.0. The Hall–Kier alpha value is -2.15. The lowest BCUT2D eigenvalue weighted by atomic mass is 10.1. The molecule has 1 aromatic heterocycles. The van der Waals surface area contributed by atoms with E-state index in [1.807, 2.05) is 0 Å². The first kappa shape index (κ1) is 13.3. The lowest BCUT2D eigenvalue weighted by Crippen LogP contribution is -2.49. The van der Waals surface area contributed by atoms with Gasteiger partial charge in [-0.1, -0.05) is 0 Å². The molecule has 2 amide bonds. The minimum Gasteiger partial charge on any atom is -0.462 e. The number of hydrogen-bond acceptors (Lipinski definition) is 5. The summed E-state index contributed by atoms with van der Waals surface area (Å²) in [6, 6.07) is 0. The van der Waals surface area contributed by atoms with Gasteiger partial charge in [0.05, 0.1) is 12.2 Å². The van der Waals surface area contributed by atoms with E-state index in [2.05, 4.69) is 0 Å². The number of nitrogens with two attached hydrogens (primary N) is 1. The second kappa shape index (κ2) is 4.51. The Morgan fingerprint density at radius 1 is 1.37 bits per heavy atom. The molecule has 0 aromatic carbocycles. The van der Waals surface area contributed by atoms with E-state index in [-0.39, 0.29) is 18.8 Å². The standard InChI is InChI=1S/C12H15N3O4/c1-4-19-12(18)9-6(2)10-11(17)15(13)8(16)5-14(10)7(9)3/h4-5,13H2,1-3H3. The van der Waals surface area contributed by atoms with E-state index in [0.717, 1.165) is 0 Å². The quantitative estimate of drug-likeness (QED) is 0.355. The van der Waals surface area contributed by atoms with Gasteiger partial charge in [-0.15, -0.1) is 0 Å². The number of ether oxygens (including phenoxy) is 1. The van der Waals surface area contributed by atoms with E-state index in [4.69, 9.17) is 10.6 Å². The number of hydrogen-bond donors (Lipinski definition) is 1.